The fraction of sp³-hybridized carbons (Fsp3) is 1.00. The van der Waals surface area contributed by atoms with Crippen LogP contribution in [0.25, 0.3) is 0 Å². The van der Waals surface area contributed by atoms with Gasteiger partial charge >= 0.3 is 0 Å². The summed E-state index contributed by atoms with van der Waals surface area (Å²) in [7, 11) is 0. The van der Waals surface area contributed by atoms with Crippen molar-refractivity contribution in [1.82, 2.24) is 12.3 Å². The summed E-state index contributed by atoms with van der Waals surface area (Å²) in [5.74, 6) is 0. The molecule has 0 bridgehead atoms. The zero-order valence-electron chi connectivity index (χ0n) is 5.05. The molecule has 0 amide bonds. The highest BCUT2D eigenvalue weighted by Crippen LogP contribution is 1.61. The van der Waals surface area contributed by atoms with E-state index in [0.717, 1.165) is 0 Å². The Bertz CT molecular complexity index is 22.8. The average Bonchev–Trinajstić information content (AvgIpc) is 0.811. The molecule has 8 heavy (non-hydrogen) atoms. The summed E-state index contributed by atoms with van der Waals surface area (Å²) in [5, 5.41) is 0. The van der Waals surface area contributed by atoms with Crippen LogP contribution in [-0.2, 0) is 11.2 Å². The smallest absolute Gasteiger partial charge is 0.0946 e. The molecular weight excluding hydrogens is 138 g/mol. The van der Waals surface area contributed by atoms with E-state index in [1.165, 1.54) is 0 Å². The summed E-state index contributed by atoms with van der Waals surface area (Å²) in [6, 6.07) is 0. The van der Waals surface area contributed by atoms with E-state index in [-0.39, 0.29) is 21.7 Å². The Morgan fingerprint density at radius 3 is 1.00 bits per heavy atom. The van der Waals surface area contributed by atoms with Gasteiger partial charge in [-0.2, -0.15) is 0 Å². The molecule has 0 rings (SSSR count). The van der Waals surface area contributed by atoms with Crippen molar-refractivity contribution < 1.29 is 14.0 Å². The van der Waals surface area contributed by atoms with E-state index in [9.17, 15) is 4.55 Å². The Morgan fingerprint density at radius 1 is 1.00 bits per heavy atom. The van der Waals surface area contributed by atoms with Gasteiger partial charge in [-0.1, -0.05) is 11.2 Å². The Morgan fingerprint density at radius 2 is 1.00 bits per heavy atom. The molecule has 0 aromatic heterocycles. The minimum absolute atomic E-state index is 0. The first-order chi connectivity index (χ1) is 1.73. The lowest BCUT2D eigenvalue weighted by atomic mass is 11.9. The van der Waals surface area contributed by atoms with Crippen LogP contribution in [0.15, 0.2) is 0 Å². The van der Waals surface area contributed by atoms with Gasteiger partial charge in [0.1, 0.15) is 0 Å². The van der Waals surface area contributed by atoms with Gasteiger partial charge < -0.3 is 16.9 Å². The van der Waals surface area contributed by atoms with Crippen molar-refractivity contribution in [1.29, 1.82) is 0 Å². The first-order valence-corrected chi connectivity index (χ1v) is 2.95. The molecular formula is C2H14F2N2OS. The molecule has 0 heterocycles. The Hall–Kier alpha value is 0.0900. The minimum Gasteiger partial charge on any atom is -0.617 e. The summed E-state index contributed by atoms with van der Waals surface area (Å²) in [4.78, 5) is 0. The van der Waals surface area contributed by atoms with Gasteiger partial charge in [0, 0.05) is 0 Å². The van der Waals surface area contributed by atoms with E-state index in [0.29, 0.717) is 0 Å². The summed E-state index contributed by atoms with van der Waals surface area (Å²) in [6.45, 7) is 0. The lowest BCUT2D eigenvalue weighted by Crippen LogP contribution is -1.86. The first kappa shape index (κ1) is 42.6. The first-order valence-electron chi connectivity index (χ1n) is 0.983. The zero-order chi connectivity index (χ0) is 3.58. The number of rotatable bonds is 0. The Kier molecular flexibility index (Phi) is 147. The zero-order valence-corrected chi connectivity index (χ0v) is 5.86. The van der Waals surface area contributed by atoms with Crippen molar-refractivity contribution in [3.8, 4) is 0 Å². The van der Waals surface area contributed by atoms with Crippen molar-refractivity contribution in [3.05, 3.63) is 0 Å². The SMILES string of the molecule is C[S+](C)[O-].F.F.N.N. The molecule has 6 heteroatoms. The number of halogens is 2. The third kappa shape index (κ3) is 19500. The van der Waals surface area contributed by atoms with Crippen molar-refractivity contribution in [2.45, 2.75) is 0 Å². The molecule has 0 aromatic rings. The second-order valence-corrected chi connectivity index (χ2v) is 2.22. The van der Waals surface area contributed by atoms with Crippen molar-refractivity contribution >= 4 is 11.2 Å². The van der Waals surface area contributed by atoms with E-state index in [4.69, 9.17) is 0 Å². The van der Waals surface area contributed by atoms with Crippen LogP contribution >= 0.6 is 0 Å². The van der Waals surface area contributed by atoms with E-state index in [1.54, 1.807) is 12.5 Å². The molecule has 0 fully saturated rings. The van der Waals surface area contributed by atoms with Crippen LogP contribution in [0.4, 0.5) is 9.41 Å². The maximum atomic E-state index is 9.56. The van der Waals surface area contributed by atoms with E-state index >= 15 is 0 Å². The fourth-order valence-electron chi connectivity index (χ4n) is 0. The molecule has 0 unspecified atom stereocenters. The molecule has 0 spiro atoms. The maximum Gasteiger partial charge on any atom is 0.0946 e. The van der Waals surface area contributed by atoms with E-state index in [1.807, 2.05) is 0 Å². The predicted molar refractivity (Wildman–Crippen MR) is 35.0 cm³/mol. The standard InChI is InChI=1S/C2H6OS.2FH.2H3N/c1-4(2)3;;;;/h1-2H3;2*1H;2*1H3. The normalized spacial score (nSPS) is 4.50. The predicted octanol–water partition coefficient (Wildman–Crippen LogP) is 0.624. The van der Waals surface area contributed by atoms with Gasteiger partial charge in [0.05, 0.1) is 12.5 Å². The summed E-state index contributed by atoms with van der Waals surface area (Å²) < 4.78 is 9.56. The van der Waals surface area contributed by atoms with Crippen LogP contribution < -0.4 is 12.3 Å². The molecule has 58 valence electrons. The lowest BCUT2D eigenvalue weighted by molar-refractivity contribution is 0.606. The van der Waals surface area contributed by atoms with Crippen LogP contribution in [0.3, 0.4) is 0 Å². The summed E-state index contributed by atoms with van der Waals surface area (Å²) in [6.07, 6.45) is 3.28. The van der Waals surface area contributed by atoms with E-state index < -0.39 is 11.2 Å². The molecule has 0 atom stereocenters. The minimum atomic E-state index is -0.611. The third-order valence-electron chi connectivity index (χ3n) is 0. The third-order valence-corrected chi connectivity index (χ3v) is 0. The maximum absolute atomic E-state index is 9.56. The topological polar surface area (TPSA) is 93.1 Å². The van der Waals surface area contributed by atoms with Crippen LogP contribution in [0.2, 0.25) is 0 Å². The molecule has 0 aliphatic rings. The molecule has 0 aliphatic carbocycles. The summed E-state index contributed by atoms with van der Waals surface area (Å²) in [5.41, 5.74) is 0. The average molecular weight is 152 g/mol. The molecule has 0 radical (unpaired) electrons. The highest BCUT2D eigenvalue weighted by Gasteiger charge is 1.66. The highest BCUT2D eigenvalue weighted by atomic mass is 32.2. The van der Waals surface area contributed by atoms with Crippen molar-refractivity contribution in [2.24, 2.45) is 0 Å². The second kappa shape index (κ2) is 27.5. The van der Waals surface area contributed by atoms with Crippen molar-refractivity contribution in [3.63, 3.8) is 0 Å². The van der Waals surface area contributed by atoms with Crippen LogP contribution in [0, 0.1) is 0 Å². The van der Waals surface area contributed by atoms with Gasteiger partial charge in [-0.15, -0.1) is 0 Å². The molecule has 0 saturated carbocycles. The monoisotopic (exact) mass is 152 g/mol. The molecule has 0 saturated heterocycles. The van der Waals surface area contributed by atoms with Crippen LogP contribution in [0.1, 0.15) is 0 Å². The Balaban J connectivity index is -0.00000000750. The van der Waals surface area contributed by atoms with Gasteiger partial charge in [0.2, 0.25) is 0 Å². The quantitative estimate of drug-likeness (QED) is 0.498. The van der Waals surface area contributed by atoms with Gasteiger partial charge in [-0.25, -0.2) is 0 Å². The van der Waals surface area contributed by atoms with Crippen LogP contribution in [-0.4, -0.2) is 17.1 Å². The largest absolute Gasteiger partial charge is 0.617 e. The van der Waals surface area contributed by atoms with Gasteiger partial charge in [0.25, 0.3) is 0 Å². The molecule has 0 aliphatic heterocycles. The molecule has 6 N–H and O–H groups in total. The second-order valence-electron chi connectivity index (χ2n) is 0.742. The highest BCUT2D eigenvalue weighted by molar-refractivity contribution is 7.89. The van der Waals surface area contributed by atoms with Crippen LogP contribution in [0.5, 0.6) is 0 Å². The number of hydrogen-bond donors (Lipinski definition) is 2. The van der Waals surface area contributed by atoms with Crippen molar-refractivity contribution in [2.75, 3.05) is 12.5 Å². The Labute approximate surface area is 50.9 Å². The van der Waals surface area contributed by atoms with Gasteiger partial charge in [-0.05, 0) is 0 Å². The van der Waals surface area contributed by atoms with Gasteiger partial charge in [-0.3, -0.25) is 9.41 Å². The lowest BCUT2D eigenvalue weighted by Gasteiger charge is -1.87. The van der Waals surface area contributed by atoms with Gasteiger partial charge in [0.15, 0.2) is 0 Å². The molecule has 3 nitrogen and oxygen atoms in total. The molecule has 0 aromatic carbocycles. The van der Waals surface area contributed by atoms with E-state index in [2.05, 4.69) is 0 Å². The fourth-order valence-corrected chi connectivity index (χ4v) is 0. The number of hydrogen-bond acceptors (Lipinski definition) is 3. The summed E-state index contributed by atoms with van der Waals surface area (Å²) >= 11 is -0.611.